The predicted octanol–water partition coefficient (Wildman–Crippen LogP) is 16.1. The summed E-state index contributed by atoms with van der Waals surface area (Å²) in [7, 11) is 0. The fraction of sp³-hybridized carbons (Fsp3) is 1.00. The van der Waals surface area contributed by atoms with Crippen LogP contribution in [0.4, 0.5) is 39.5 Å². The average Bonchev–Trinajstić information content (AvgIpc) is 2.98. The van der Waals surface area contributed by atoms with E-state index in [-0.39, 0.29) is 44.4 Å². The summed E-state index contributed by atoms with van der Waals surface area (Å²) in [6.07, 6.45) is -12.3. The van der Waals surface area contributed by atoms with Crippen molar-refractivity contribution in [1.29, 1.82) is 0 Å². The monoisotopic (exact) mass is 739 g/mol. The molecule has 0 aromatic heterocycles. The summed E-state index contributed by atoms with van der Waals surface area (Å²) in [5.74, 6) is -4.84. The number of alkyl halides is 9. The predicted molar refractivity (Wildman–Crippen MR) is 192 cm³/mol. The fourth-order valence-corrected chi connectivity index (χ4v) is 11.3. The third-order valence-electron chi connectivity index (χ3n) is 15.2. The smallest absolute Gasteiger partial charge is 0.170 e. The first-order chi connectivity index (χ1) is 22.4. The molecule has 50 heavy (non-hydrogen) atoms. The van der Waals surface area contributed by atoms with Crippen LogP contribution in [-0.2, 0) is 0 Å². The van der Waals surface area contributed by atoms with Crippen LogP contribution in [0.1, 0.15) is 175 Å². The lowest BCUT2D eigenvalue weighted by atomic mass is 9.46. The normalized spacial score (nSPS) is 20.0. The van der Waals surface area contributed by atoms with Crippen LogP contribution < -0.4 is 0 Å². The van der Waals surface area contributed by atoms with Crippen molar-refractivity contribution in [2.75, 3.05) is 0 Å². The Kier molecular flexibility index (Phi) is 17.4. The van der Waals surface area contributed by atoms with Crippen LogP contribution in [0.5, 0.6) is 0 Å². The Labute approximate surface area is 301 Å². The maximum Gasteiger partial charge on any atom is 0.395 e. The Morgan fingerprint density at radius 2 is 0.900 bits per heavy atom. The molecule has 0 saturated carbocycles. The molecule has 0 fully saturated rings. The number of hydrogen-bond donors (Lipinski definition) is 0. The summed E-state index contributed by atoms with van der Waals surface area (Å²) >= 11 is 0. The highest BCUT2D eigenvalue weighted by Crippen LogP contribution is 2.68. The van der Waals surface area contributed by atoms with E-state index in [2.05, 4.69) is 0 Å². The second-order valence-corrected chi connectivity index (χ2v) is 17.6. The van der Waals surface area contributed by atoms with E-state index in [1.165, 1.54) is 13.8 Å². The Bertz CT molecular complexity index is 965. The van der Waals surface area contributed by atoms with Crippen LogP contribution in [0.3, 0.4) is 0 Å². The van der Waals surface area contributed by atoms with Gasteiger partial charge in [0.15, 0.2) is 0 Å². The van der Waals surface area contributed by atoms with E-state index in [0.29, 0.717) is 25.7 Å². The average molecular weight is 739 g/mol. The van der Waals surface area contributed by atoms with Gasteiger partial charge in [0.1, 0.15) is 0 Å². The molecule has 0 aliphatic heterocycles. The van der Waals surface area contributed by atoms with Crippen molar-refractivity contribution in [3.63, 3.8) is 0 Å². The summed E-state index contributed by atoms with van der Waals surface area (Å²) in [5.41, 5.74) is -8.56. The molecule has 0 amide bonds. The molecule has 7 atom stereocenters. The summed E-state index contributed by atoms with van der Waals surface area (Å²) < 4.78 is 138. The topological polar surface area (TPSA) is 0 Å². The minimum absolute atomic E-state index is 0.00380. The van der Waals surface area contributed by atoms with E-state index in [0.717, 1.165) is 0 Å². The Balaban J connectivity index is 7.03. The first-order valence-electron chi connectivity index (χ1n) is 19.6. The van der Waals surface area contributed by atoms with E-state index < -0.39 is 81.1 Å². The molecule has 0 aliphatic carbocycles. The zero-order valence-corrected chi connectivity index (χ0v) is 34.5. The van der Waals surface area contributed by atoms with Gasteiger partial charge in [0.05, 0.1) is 16.2 Å². The van der Waals surface area contributed by atoms with Crippen molar-refractivity contribution in [3.8, 4) is 0 Å². The van der Waals surface area contributed by atoms with E-state index in [9.17, 15) is 13.2 Å². The maximum absolute atomic E-state index is 15.6. The van der Waals surface area contributed by atoms with E-state index in [1.54, 1.807) is 96.9 Å². The highest BCUT2D eigenvalue weighted by atomic mass is 19.4. The van der Waals surface area contributed by atoms with Gasteiger partial charge in [-0.15, -0.1) is 0 Å². The standard InChI is InChI=1S/C41H75F9/c1-17-31(24-23-25-38(41(48,49)50,34(13,19-3)20-4)35(14,21-5)22-6)37(16,40(45,46)47)32(18-2)29(11)26-30(12)33(27(7)8)36(15,28(9)10)39(42,43)44/h27-33H,17-26H2,1-16H3. The van der Waals surface area contributed by atoms with Gasteiger partial charge in [-0.05, 0) is 97.2 Å². The van der Waals surface area contributed by atoms with E-state index in [1.807, 2.05) is 0 Å². The van der Waals surface area contributed by atoms with Crippen molar-refractivity contribution in [2.24, 2.45) is 68.5 Å². The first-order valence-corrected chi connectivity index (χ1v) is 19.6. The molecule has 0 radical (unpaired) electrons. The van der Waals surface area contributed by atoms with Gasteiger partial charge in [-0.2, -0.15) is 39.5 Å². The van der Waals surface area contributed by atoms with Gasteiger partial charge in [0, 0.05) is 0 Å². The van der Waals surface area contributed by atoms with Crippen molar-refractivity contribution in [1.82, 2.24) is 0 Å². The molecule has 0 spiro atoms. The van der Waals surface area contributed by atoms with Crippen LogP contribution in [-0.4, -0.2) is 18.5 Å². The molecule has 0 nitrogen and oxygen atoms in total. The van der Waals surface area contributed by atoms with Crippen LogP contribution in [0.15, 0.2) is 0 Å². The lowest BCUT2D eigenvalue weighted by Crippen LogP contribution is -2.59. The lowest BCUT2D eigenvalue weighted by molar-refractivity contribution is -0.314. The molecule has 0 rings (SSSR count). The fourth-order valence-electron chi connectivity index (χ4n) is 11.3. The summed E-state index contributed by atoms with van der Waals surface area (Å²) in [5, 5.41) is 0. The molecular weight excluding hydrogens is 663 g/mol. The minimum atomic E-state index is -4.66. The Morgan fingerprint density at radius 1 is 0.500 bits per heavy atom. The van der Waals surface area contributed by atoms with Crippen LogP contribution >= 0.6 is 0 Å². The van der Waals surface area contributed by atoms with Gasteiger partial charge in [-0.25, -0.2) is 0 Å². The number of hydrogen-bond acceptors (Lipinski definition) is 0. The third-order valence-corrected chi connectivity index (χ3v) is 15.2. The van der Waals surface area contributed by atoms with Crippen LogP contribution in [0.25, 0.3) is 0 Å². The second-order valence-electron chi connectivity index (χ2n) is 17.6. The van der Waals surface area contributed by atoms with Crippen molar-refractivity contribution >= 4 is 0 Å². The van der Waals surface area contributed by atoms with Gasteiger partial charge >= 0.3 is 18.5 Å². The Hall–Kier alpha value is -0.630. The molecule has 302 valence electrons. The van der Waals surface area contributed by atoms with Gasteiger partial charge in [-0.3, -0.25) is 0 Å². The minimum Gasteiger partial charge on any atom is -0.170 e. The summed E-state index contributed by atoms with van der Waals surface area (Å²) in [6, 6.07) is 0. The molecule has 0 aromatic carbocycles. The third kappa shape index (κ3) is 8.84. The second kappa shape index (κ2) is 17.7. The van der Waals surface area contributed by atoms with Crippen molar-refractivity contribution < 1.29 is 39.5 Å². The first kappa shape index (κ1) is 49.4. The molecule has 0 bridgehead atoms. The van der Waals surface area contributed by atoms with Gasteiger partial charge in [-0.1, -0.05) is 130 Å². The maximum atomic E-state index is 15.6. The molecule has 0 aliphatic rings. The quantitative estimate of drug-likeness (QED) is 0.103. The van der Waals surface area contributed by atoms with Gasteiger partial charge < -0.3 is 0 Å². The summed E-state index contributed by atoms with van der Waals surface area (Å²) in [4.78, 5) is 0. The van der Waals surface area contributed by atoms with Crippen molar-refractivity contribution in [3.05, 3.63) is 0 Å². The van der Waals surface area contributed by atoms with Gasteiger partial charge in [0.25, 0.3) is 0 Å². The highest BCUT2D eigenvalue weighted by Gasteiger charge is 2.69. The Morgan fingerprint density at radius 3 is 1.16 bits per heavy atom. The molecular formula is C41H75F9. The van der Waals surface area contributed by atoms with Crippen LogP contribution in [0, 0.1) is 68.5 Å². The van der Waals surface area contributed by atoms with Gasteiger partial charge in [0.2, 0.25) is 0 Å². The zero-order chi connectivity index (χ0) is 40.1. The molecule has 0 N–H and O–H groups in total. The molecule has 7 unspecified atom stereocenters. The summed E-state index contributed by atoms with van der Waals surface area (Å²) in [6.45, 7) is 26.5. The van der Waals surface area contributed by atoms with Crippen LogP contribution in [0.2, 0.25) is 0 Å². The lowest BCUT2D eigenvalue weighted by Gasteiger charge is -2.59. The van der Waals surface area contributed by atoms with E-state index >= 15 is 26.3 Å². The molecule has 0 aromatic rings. The van der Waals surface area contributed by atoms with E-state index in [4.69, 9.17) is 0 Å². The molecule has 0 heterocycles. The van der Waals surface area contributed by atoms with Crippen molar-refractivity contribution in [2.45, 2.75) is 194 Å². The SMILES string of the molecule is CCC(CCCC(C(F)(F)F)(C(C)(CC)CC)C(C)(CC)CC)C(C)(C(CC)C(C)CC(C)C(C(C)C)C(C)(C(C)C)C(F)(F)F)C(F)(F)F. The highest BCUT2D eigenvalue weighted by molar-refractivity contribution is 5.08. The molecule has 0 saturated heterocycles. The number of rotatable bonds is 21. The molecule has 9 heteroatoms. The number of halogens is 9. The largest absolute Gasteiger partial charge is 0.395 e. The zero-order valence-electron chi connectivity index (χ0n) is 34.5.